The average molecular weight is 230 g/mol. The first kappa shape index (κ1) is 11.3. The van der Waals surface area contributed by atoms with Crippen LogP contribution in [-0.4, -0.2) is 12.1 Å². The molecule has 0 bridgehead atoms. The number of aryl methyl sites for hydroxylation is 1. The van der Waals surface area contributed by atoms with Gasteiger partial charge in [0, 0.05) is 6.07 Å². The van der Waals surface area contributed by atoms with E-state index in [0.29, 0.717) is 23.1 Å². The minimum absolute atomic E-state index is 0.487. The SMILES string of the molecule is COc1cc(C)ccc1Oc1ccc(N)cn1. The van der Waals surface area contributed by atoms with E-state index in [2.05, 4.69) is 4.98 Å². The summed E-state index contributed by atoms with van der Waals surface area (Å²) in [6, 6.07) is 9.17. The maximum absolute atomic E-state index is 5.62. The monoisotopic (exact) mass is 230 g/mol. The molecular formula is C13H14N2O2. The van der Waals surface area contributed by atoms with Crippen molar-refractivity contribution in [3.63, 3.8) is 0 Å². The molecule has 0 unspecified atom stereocenters. The third-order valence-corrected chi connectivity index (χ3v) is 2.29. The summed E-state index contributed by atoms with van der Waals surface area (Å²) in [4.78, 5) is 4.07. The number of nitrogen functional groups attached to an aromatic ring is 1. The van der Waals surface area contributed by atoms with Crippen molar-refractivity contribution in [2.75, 3.05) is 12.8 Å². The summed E-state index contributed by atoms with van der Waals surface area (Å²) in [6.45, 7) is 1.99. The zero-order valence-corrected chi connectivity index (χ0v) is 9.81. The van der Waals surface area contributed by atoms with Crippen LogP contribution < -0.4 is 15.2 Å². The number of hydrogen-bond donors (Lipinski definition) is 1. The molecule has 0 aliphatic rings. The topological polar surface area (TPSA) is 57.4 Å². The fraction of sp³-hybridized carbons (Fsp3) is 0.154. The van der Waals surface area contributed by atoms with E-state index in [1.807, 2.05) is 25.1 Å². The van der Waals surface area contributed by atoms with E-state index in [1.54, 1.807) is 25.4 Å². The Balaban J connectivity index is 2.26. The zero-order valence-electron chi connectivity index (χ0n) is 9.81. The molecule has 0 amide bonds. The molecule has 0 saturated carbocycles. The van der Waals surface area contributed by atoms with Gasteiger partial charge in [-0.3, -0.25) is 0 Å². The van der Waals surface area contributed by atoms with Crippen molar-refractivity contribution in [2.24, 2.45) is 0 Å². The van der Waals surface area contributed by atoms with Gasteiger partial charge < -0.3 is 15.2 Å². The second-order valence-corrected chi connectivity index (χ2v) is 3.69. The van der Waals surface area contributed by atoms with Crippen molar-refractivity contribution in [2.45, 2.75) is 6.92 Å². The van der Waals surface area contributed by atoms with Gasteiger partial charge in [0.15, 0.2) is 11.5 Å². The van der Waals surface area contributed by atoms with Gasteiger partial charge in [0.1, 0.15) is 0 Å². The van der Waals surface area contributed by atoms with E-state index >= 15 is 0 Å². The van der Waals surface area contributed by atoms with Crippen molar-refractivity contribution >= 4 is 5.69 Å². The molecule has 0 atom stereocenters. The van der Waals surface area contributed by atoms with E-state index in [0.717, 1.165) is 5.56 Å². The van der Waals surface area contributed by atoms with E-state index in [-0.39, 0.29) is 0 Å². The lowest BCUT2D eigenvalue weighted by atomic mass is 10.2. The van der Waals surface area contributed by atoms with Gasteiger partial charge >= 0.3 is 0 Å². The molecule has 2 aromatic rings. The molecule has 88 valence electrons. The quantitative estimate of drug-likeness (QED) is 0.880. The highest BCUT2D eigenvalue weighted by atomic mass is 16.5. The van der Waals surface area contributed by atoms with E-state index in [1.165, 1.54) is 0 Å². The lowest BCUT2D eigenvalue weighted by molar-refractivity contribution is 0.374. The number of ether oxygens (including phenoxy) is 2. The Labute approximate surface area is 100 Å². The van der Waals surface area contributed by atoms with Gasteiger partial charge in [-0.05, 0) is 30.7 Å². The van der Waals surface area contributed by atoms with Crippen LogP contribution in [0.1, 0.15) is 5.56 Å². The largest absolute Gasteiger partial charge is 0.493 e. The van der Waals surface area contributed by atoms with Crippen molar-refractivity contribution in [1.29, 1.82) is 0 Å². The molecule has 1 aromatic carbocycles. The Kier molecular flexibility index (Phi) is 3.14. The highest BCUT2D eigenvalue weighted by Gasteiger charge is 2.06. The number of methoxy groups -OCH3 is 1. The smallest absolute Gasteiger partial charge is 0.219 e. The molecule has 4 heteroatoms. The number of benzene rings is 1. The van der Waals surface area contributed by atoms with Crippen LogP contribution in [0.5, 0.6) is 17.4 Å². The van der Waals surface area contributed by atoms with Gasteiger partial charge in [-0.1, -0.05) is 6.07 Å². The second-order valence-electron chi connectivity index (χ2n) is 3.69. The molecule has 4 nitrogen and oxygen atoms in total. The Bertz CT molecular complexity index is 509. The van der Waals surface area contributed by atoms with Crippen molar-refractivity contribution in [1.82, 2.24) is 4.98 Å². The maximum atomic E-state index is 5.62. The molecule has 0 spiro atoms. The van der Waals surface area contributed by atoms with Crippen LogP contribution in [0.15, 0.2) is 36.5 Å². The van der Waals surface area contributed by atoms with Gasteiger partial charge in [0.05, 0.1) is 19.0 Å². The van der Waals surface area contributed by atoms with Gasteiger partial charge in [0.25, 0.3) is 0 Å². The van der Waals surface area contributed by atoms with Crippen molar-refractivity contribution in [3.8, 4) is 17.4 Å². The average Bonchev–Trinajstić information content (AvgIpc) is 2.34. The van der Waals surface area contributed by atoms with Gasteiger partial charge in [0.2, 0.25) is 5.88 Å². The van der Waals surface area contributed by atoms with E-state index in [9.17, 15) is 0 Å². The highest BCUT2D eigenvalue weighted by Crippen LogP contribution is 2.31. The Hall–Kier alpha value is -2.23. The molecule has 17 heavy (non-hydrogen) atoms. The normalized spacial score (nSPS) is 10.0. The molecule has 0 fully saturated rings. The fourth-order valence-electron chi connectivity index (χ4n) is 1.42. The zero-order chi connectivity index (χ0) is 12.3. The van der Waals surface area contributed by atoms with Crippen LogP contribution in [0, 0.1) is 6.92 Å². The van der Waals surface area contributed by atoms with Gasteiger partial charge in [-0.2, -0.15) is 0 Å². The van der Waals surface area contributed by atoms with Crippen molar-refractivity contribution in [3.05, 3.63) is 42.1 Å². The summed E-state index contributed by atoms with van der Waals surface area (Å²) in [5, 5.41) is 0. The van der Waals surface area contributed by atoms with Gasteiger partial charge in [-0.15, -0.1) is 0 Å². The molecule has 1 heterocycles. The maximum Gasteiger partial charge on any atom is 0.219 e. The van der Waals surface area contributed by atoms with E-state index < -0.39 is 0 Å². The Morgan fingerprint density at radius 1 is 1.12 bits per heavy atom. The summed E-state index contributed by atoms with van der Waals surface area (Å²) in [6.07, 6.45) is 1.55. The predicted molar refractivity (Wildman–Crippen MR) is 66.5 cm³/mol. The van der Waals surface area contributed by atoms with Gasteiger partial charge in [-0.25, -0.2) is 4.98 Å². The minimum Gasteiger partial charge on any atom is -0.493 e. The lowest BCUT2D eigenvalue weighted by Crippen LogP contribution is -1.93. The molecule has 2 rings (SSSR count). The molecule has 0 saturated heterocycles. The number of aromatic nitrogens is 1. The highest BCUT2D eigenvalue weighted by molar-refractivity contribution is 5.45. The number of nitrogens with two attached hydrogens (primary N) is 1. The fourth-order valence-corrected chi connectivity index (χ4v) is 1.42. The second kappa shape index (κ2) is 4.74. The van der Waals surface area contributed by atoms with Crippen LogP contribution in [0.2, 0.25) is 0 Å². The first-order valence-corrected chi connectivity index (χ1v) is 5.23. The number of anilines is 1. The predicted octanol–water partition coefficient (Wildman–Crippen LogP) is 2.77. The standard InChI is InChI=1S/C13H14N2O2/c1-9-3-5-11(12(7-9)16-2)17-13-6-4-10(14)8-15-13/h3-8H,14H2,1-2H3. The van der Waals surface area contributed by atoms with Crippen molar-refractivity contribution < 1.29 is 9.47 Å². The summed E-state index contributed by atoms with van der Waals surface area (Å²) in [5.41, 5.74) is 7.27. The molecule has 2 N–H and O–H groups in total. The molecule has 0 aliphatic heterocycles. The number of nitrogens with zero attached hydrogens (tertiary/aromatic N) is 1. The Morgan fingerprint density at radius 2 is 1.94 bits per heavy atom. The van der Waals surface area contributed by atoms with Crippen LogP contribution in [0.25, 0.3) is 0 Å². The lowest BCUT2D eigenvalue weighted by Gasteiger charge is -2.10. The first-order chi connectivity index (χ1) is 8.19. The molecule has 0 radical (unpaired) electrons. The Morgan fingerprint density at radius 3 is 2.59 bits per heavy atom. The summed E-state index contributed by atoms with van der Waals surface area (Å²) < 4.78 is 10.9. The molecule has 0 aliphatic carbocycles. The van der Waals surface area contributed by atoms with E-state index in [4.69, 9.17) is 15.2 Å². The molecular weight excluding hydrogens is 216 g/mol. The van der Waals surface area contributed by atoms with Crippen LogP contribution >= 0.6 is 0 Å². The number of pyridine rings is 1. The number of rotatable bonds is 3. The van der Waals surface area contributed by atoms with Crippen LogP contribution in [0.4, 0.5) is 5.69 Å². The first-order valence-electron chi connectivity index (χ1n) is 5.23. The molecule has 1 aromatic heterocycles. The third-order valence-electron chi connectivity index (χ3n) is 2.29. The van der Waals surface area contributed by atoms with Crippen LogP contribution in [-0.2, 0) is 0 Å². The third kappa shape index (κ3) is 2.66. The number of hydrogen-bond acceptors (Lipinski definition) is 4. The summed E-state index contributed by atoms with van der Waals surface area (Å²) in [7, 11) is 1.61. The summed E-state index contributed by atoms with van der Waals surface area (Å²) in [5.74, 6) is 1.81. The summed E-state index contributed by atoms with van der Waals surface area (Å²) >= 11 is 0. The minimum atomic E-state index is 0.487. The van der Waals surface area contributed by atoms with Crippen LogP contribution in [0.3, 0.4) is 0 Å².